The molecule has 0 atom stereocenters. The molecule has 0 radical (unpaired) electrons. The highest BCUT2D eigenvalue weighted by Crippen LogP contribution is 2.27. The third kappa shape index (κ3) is 2.47. The van der Waals surface area contributed by atoms with Crippen molar-refractivity contribution in [1.29, 1.82) is 0 Å². The molecule has 0 spiro atoms. The largest absolute Gasteiger partial charge is 0.468 e. The maximum Gasteiger partial charge on any atom is 0.325 e. The van der Waals surface area contributed by atoms with Gasteiger partial charge in [0.25, 0.3) is 0 Å². The van der Waals surface area contributed by atoms with Crippen molar-refractivity contribution in [3.05, 3.63) is 35.5 Å². The van der Waals surface area contributed by atoms with Crippen molar-refractivity contribution < 1.29 is 9.53 Å². The second-order valence-corrected chi connectivity index (χ2v) is 3.83. The zero-order valence-electron chi connectivity index (χ0n) is 9.24. The summed E-state index contributed by atoms with van der Waals surface area (Å²) in [5, 5.41) is 4.46. The van der Waals surface area contributed by atoms with Gasteiger partial charge in [0.05, 0.1) is 23.3 Å². The number of carbonyl (C=O) groups excluding carboxylic acids is 1. The van der Waals surface area contributed by atoms with Crippen LogP contribution in [0.25, 0.3) is 10.9 Å². The molecule has 1 aromatic heterocycles. The Balaban J connectivity index is 2.35. The number of methoxy groups -OCH3 is 1. The van der Waals surface area contributed by atoms with Crippen molar-refractivity contribution in [2.45, 2.75) is 0 Å². The van der Waals surface area contributed by atoms with E-state index in [0.717, 1.165) is 16.6 Å². The van der Waals surface area contributed by atoms with Crippen molar-refractivity contribution in [1.82, 2.24) is 4.98 Å². The summed E-state index contributed by atoms with van der Waals surface area (Å²) in [6.45, 7) is 0.101. The lowest BCUT2D eigenvalue weighted by molar-refractivity contribution is -0.138. The molecule has 17 heavy (non-hydrogen) atoms. The molecule has 0 unspecified atom stereocenters. The van der Waals surface area contributed by atoms with Crippen molar-refractivity contribution in [3.63, 3.8) is 0 Å². The quantitative estimate of drug-likeness (QED) is 0.851. The van der Waals surface area contributed by atoms with Crippen LogP contribution in [0.15, 0.2) is 30.5 Å². The average Bonchev–Trinajstić information content (AvgIpc) is 2.38. The SMILES string of the molecule is COC(=O)CNc1ccc(Cl)c2cccnc12. The first kappa shape index (κ1) is 11.7. The lowest BCUT2D eigenvalue weighted by Crippen LogP contribution is -2.15. The fraction of sp³-hybridized carbons (Fsp3) is 0.167. The molecular formula is C12H11ClN2O2. The van der Waals surface area contributed by atoms with Crippen molar-refractivity contribution >= 4 is 34.2 Å². The lowest BCUT2D eigenvalue weighted by atomic mass is 10.2. The van der Waals surface area contributed by atoms with Crippen LogP contribution in [0.2, 0.25) is 5.02 Å². The van der Waals surface area contributed by atoms with Crippen molar-refractivity contribution in [2.75, 3.05) is 19.0 Å². The number of pyridine rings is 1. The Kier molecular flexibility index (Phi) is 3.44. The number of rotatable bonds is 3. The summed E-state index contributed by atoms with van der Waals surface area (Å²) < 4.78 is 4.56. The third-order valence-corrected chi connectivity index (χ3v) is 2.70. The predicted octanol–water partition coefficient (Wildman–Crippen LogP) is 2.47. The molecule has 0 fully saturated rings. The number of halogens is 1. The highest BCUT2D eigenvalue weighted by Gasteiger charge is 2.06. The molecule has 0 bridgehead atoms. The number of aromatic nitrogens is 1. The van der Waals surface area contributed by atoms with Crippen molar-refractivity contribution in [3.8, 4) is 0 Å². The van der Waals surface area contributed by atoms with Gasteiger partial charge in [-0.05, 0) is 24.3 Å². The maximum atomic E-state index is 11.1. The molecule has 0 aliphatic carbocycles. The molecule has 2 rings (SSSR count). The first-order valence-corrected chi connectivity index (χ1v) is 5.44. The van der Waals surface area contributed by atoms with E-state index in [0.29, 0.717) is 5.02 Å². The first-order chi connectivity index (χ1) is 8.22. The van der Waals surface area contributed by atoms with E-state index >= 15 is 0 Å². The second kappa shape index (κ2) is 5.01. The maximum absolute atomic E-state index is 11.1. The number of ether oxygens (including phenoxy) is 1. The van der Waals surface area contributed by atoms with Gasteiger partial charge in [-0.15, -0.1) is 0 Å². The van der Waals surface area contributed by atoms with Gasteiger partial charge < -0.3 is 10.1 Å². The smallest absolute Gasteiger partial charge is 0.325 e. The molecule has 1 aromatic carbocycles. The molecule has 4 nitrogen and oxygen atoms in total. The number of hydrogen-bond acceptors (Lipinski definition) is 4. The van der Waals surface area contributed by atoms with Gasteiger partial charge in [-0.1, -0.05) is 11.6 Å². The molecule has 0 aliphatic rings. The molecule has 1 N–H and O–H groups in total. The van der Waals surface area contributed by atoms with Crippen LogP contribution >= 0.6 is 11.6 Å². The van der Waals surface area contributed by atoms with Gasteiger partial charge in [0.15, 0.2) is 0 Å². The number of nitrogens with zero attached hydrogens (tertiary/aromatic N) is 1. The highest BCUT2D eigenvalue weighted by molar-refractivity contribution is 6.35. The van der Waals surface area contributed by atoms with E-state index in [9.17, 15) is 4.79 Å². The average molecular weight is 251 g/mol. The highest BCUT2D eigenvalue weighted by atomic mass is 35.5. The summed E-state index contributed by atoms with van der Waals surface area (Å²) in [6, 6.07) is 7.26. The second-order valence-electron chi connectivity index (χ2n) is 3.42. The Bertz CT molecular complexity index is 557. The lowest BCUT2D eigenvalue weighted by Gasteiger charge is -2.08. The van der Waals surface area contributed by atoms with Crippen LogP contribution in [0.3, 0.4) is 0 Å². The molecule has 0 saturated carbocycles. The number of fused-ring (bicyclic) bond motifs is 1. The van der Waals surface area contributed by atoms with E-state index in [-0.39, 0.29) is 12.5 Å². The van der Waals surface area contributed by atoms with E-state index in [2.05, 4.69) is 15.0 Å². The monoisotopic (exact) mass is 250 g/mol. The molecule has 5 heteroatoms. The number of carbonyl (C=O) groups is 1. The van der Waals surface area contributed by atoms with Crippen LogP contribution in [0.1, 0.15) is 0 Å². The zero-order chi connectivity index (χ0) is 12.3. The Morgan fingerprint density at radius 1 is 1.47 bits per heavy atom. The van der Waals surface area contributed by atoms with Gasteiger partial charge in [-0.2, -0.15) is 0 Å². The van der Waals surface area contributed by atoms with Crippen LogP contribution in [0.4, 0.5) is 5.69 Å². The number of benzene rings is 1. The first-order valence-electron chi connectivity index (χ1n) is 5.06. The summed E-state index contributed by atoms with van der Waals surface area (Å²) in [5.41, 5.74) is 1.50. The topological polar surface area (TPSA) is 51.2 Å². The molecule has 0 amide bonds. The molecule has 0 aliphatic heterocycles. The summed E-state index contributed by atoms with van der Waals surface area (Å²) in [6.07, 6.45) is 1.68. The standard InChI is InChI=1S/C12H11ClN2O2/c1-17-11(16)7-15-10-5-4-9(13)8-3-2-6-14-12(8)10/h2-6,15H,7H2,1H3. The molecular weight excluding hydrogens is 240 g/mol. The Morgan fingerprint density at radius 2 is 2.29 bits per heavy atom. The van der Waals surface area contributed by atoms with Crippen LogP contribution in [0.5, 0.6) is 0 Å². The van der Waals surface area contributed by atoms with Crippen LogP contribution in [0, 0.1) is 0 Å². The van der Waals surface area contributed by atoms with E-state index < -0.39 is 0 Å². The fourth-order valence-corrected chi connectivity index (χ4v) is 1.74. The normalized spacial score (nSPS) is 10.2. The summed E-state index contributed by atoms with van der Waals surface area (Å²) in [7, 11) is 1.35. The Hall–Kier alpha value is -1.81. The van der Waals surface area contributed by atoms with E-state index in [1.807, 2.05) is 12.1 Å². The Labute approximate surface area is 104 Å². The number of hydrogen-bond donors (Lipinski definition) is 1. The van der Waals surface area contributed by atoms with Gasteiger partial charge >= 0.3 is 5.97 Å². The van der Waals surface area contributed by atoms with Gasteiger partial charge in [-0.3, -0.25) is 9.78 Å². The summed E-state index contributed by atoms with van der Waals surface area (Å²) >= 11 is 6.06. The fourth-order valence-electron chi connectivity index (χ4n) is 1.52. The zero-order valence-corrected chi connectivity index (χ0v) is 9.99. The van der Waals surface area contributed by atoms with Gasteiger partial charge in [0, 0.05) is 11.6 Å². The van der Waals surface area contributed by atoms with Gasteiger partial charge in [0.1, 0.15) is 6.54 Å². The summed E-state index contributed by atoms with van der Waals surface area (Å²) in [4.78, 5) is 15.3. The molecule has 2 aromatic rings. The van der Waals surface area contributed by atoms with Crippen molar-refractivity contribution in [2.24, 2.45) is 0 Å². The minimum absolute atomic E-state index is 0.101. The van der Waals surface area contributed by atoms with E-state index in [1.54, 1.807) is 18.3 Å². The minimum Gasteiger partial charge on any atom is -0.468 e. The number of esters is 1. The van der Waals surface area contributed by atoms with E-state index in [1.165, 1.54) is 7.11 Å². The van der Waals surface area contributed by atoms with Gasteiger partial charge in [0.2, 0.25) is 0 Å². The molecule has 88 valence electrons. The van der Waals surface area contributed by atoms with E-state index in [4.69, 9.17) is 11.6 Å². The molecule has 1 heterocycles. The predicted molar refractivity (Wildman–Crippen MR) is 67.3 cm³/mol. The molecule has 0 saturated heterocycles. The van der Waals surface area contributed by atoms with Crippen LogP contribution in [-0.2, 0) is 9.53 Å². The minimum atomic E-state index is -0.330. The van der Waals surface area contributed by atoms with Crippen LogP contribution in [-0.4, -0.2) is 24.6 Å². The number of nitrogens with one attached hydrogen (secondary N) is 1. The third-order valence-electron chi connectivity index (χ3n) is 2.37. The van der Waals surface area contributed by atoms with Gasteiger partial charge in [-0.25, -0.2) is 0 Å². The van der Waals surface area contributed by atoms with Crippen LogP contribution < -0.4 is 5.32 Å². The number of anilines is 1. The summed E-state index contributed by atoms with van der Waals surface area (Å²) in [5.74, 6) is -0.330. The Morgan fingerprint density at radius 3 is 3.06 bits per heavy atom.